The molecule has 0 atom stereocenters. The zero-order valence-corrected chi connectivity index (χ0v) is 19.6. The molecule has 0 spiro atoms. The van der Waals surface area contributed by atoms with E-state index in [4.69, 9.17) is 0 Å². The van der Waals surface area contributed by atoms with E-state index in [2.05, 4.69) is 63.4 Å². The summed E-state index contributed by atoms with van der Waals surface area (Å²) in [6, 6.07) is 21.2. The van der Waals surface area contributed by atoms with Crippen molar-refractivity contribution >= 4 is 27.5 Å². The highest BCUT2D eigenvalue weighted by Gasteiger charge is 2.30. The summed E-state index contributed by atoms with van der Waals surface area (Å²) in [5, 5.41) is 0.529. The van der Waals surface area contributed by atoms with Gasteiger partial charge in [-0.05, 0) is 30.5 Å². The van der Waals surface area contributed by atoms with Crippen LogP contribution in [0.2, 0.25) is 0 Å². The molecule has 1 aliphatic heterocycles. The molecule has 1 aliphatic rings. The van der Waals surface area contributed by atoms with Gasteiger partial charge in [-0.1, -0.05) is 60.7 Å². The quantitative estimate of drug-likeness (QED) is 0.499. The van der Waals surface area contributed by atoms with Crippen LogP contribution >= 0.6 is 11.3 Å². The van der Waals surface area contributed by atoms with Crippen molar-refractivity contribution in [3.63, 3.8) is 0 Å². The Kier molecular flexibility index (Phi) is 5.83. The molecule has 0 bridgehead atoms. The van der Waals surface area contributed by atoms with Crippen molar-refractivity contribution < 1.29 is 4.79 Å². The van der Waals surface area contributed by atoms with Crippen LogP contribution in [0.4, 0.5) is 0 Å². The minimum Gasteiger partial charge on any atom is -0.335 e. The lowest BCUT2D eigenvalue weighted by Crippen LogP contribution is -2.49. The third-order valence-electron chi connectivity index (χ3n) is 6.31. The number of nitrogens with zero attached hydrogens (tertiary/aromatic N) is 3. The summed E-state index contributed by atoms with van der Waals surface area (Å²) in [4.78, 5) is 38.6. The second-order valence-corrected chi connectivity index (χ2v) is 9.44. The maximum atomic E-state index is 13.4. The molecule has 1 amide bonds. The first kappa shape index (κ1) is 21.6. The topological polar surface area (TPSA) is 69.3 Å². The van der Waals surface area contributed by atoms with Gasteiger partial charge in [0.1, 0.15) is 10.7 Å². The summed E-state index contributed by atoms with van der Waals surface area (Å²) >= 11 is 1.32. The number of H-pyrrole nitrogens is 1. The third kappa shape index (κ3) is 4.10. The smallest absolute Gasteiger partial charge is 0.264 e. The number of thiophene rings is 1. The molecule has 4 aromatic rings. The molecule has 3 heterocycles. The highest BCUT2D eigenvalue weighted by atomic mass is 32.1. The average Bonchev–Trinajstić information content (AvgIpc) is 3.17. The van der Waals surface area contributed by atoms with Crippen LogP contribution in [0.3, 0.4) is 0 Å². The van der Waals surface area contributed by atoms with Crippen molar-refractivity contribution in [1.29, 1.82) is 0 Å². The van der Waals surface area contributed by atoms with Gasteiger partial charge < -0.3 is 9.88 Å². The lowest BCUT2D eigenvalue weighted by atomic mass is 9.96. The van der Waals surface area contributed by atoms with E-state index in [-0.39, 0.29) is 17.5 Å². The molecular weight excluding hydrogens is 432 g/mol. The maximum Gasteiger partial charge on any atom is 0.264 e. The first-order valence-electron chi connectivity index (χ1n) is 11.2. The van der Waals surface area contributed by atoms with E-state index in [1.54, 1.807) is 6.92 Å². The summed E-state index contributed by atoms with van der Waals surface area (Å²) in [6.45, 7) is 6.45. The molecule has 0 saturated carbocycles. The Morgan fingerprint density at radius 3 is 2.09 bits per heavy atom. The van der Waals surface area contributed by atoms with Crippen molar-refractivity contribution in [3.05, 3.63) is 98.4 Å². The SMILES string of the molecule is Cc1nc2sc(C(=O)N3CCN(C(c4ccccc4)c4ccccc4)CC3)c(C)c2c(=O)[nH]1. The van der Waals surface area contributed by atoms with E-state index in [0.29, 0.717) is 34.0 Å². The number of aryl methyl sites for hydroxylation is 2. The van der Waals surface area contributed by atoms with Crippen LogP contribution in [-0.2, 0) is 0 Å². The van der Waals surface area contributed by atoms with Crippen LogP contribution in [0.1, 0.15) is 38.2 Å². The Morgan fingerprint density at radius 1 is 0.939 bits per heavy atom. The monoisotopic (exact) mass is 458 g/mol. The van der Waals surface area contributed by atoms with Crippen molar-refractivity contribution in [2.45, 2.75) is 19.9 Å². The Hall–Kier alpha value is -3.29. The largest absolute Gasteiger partial charge is 0.335 e. The first-order chi connectivity index (χ1) is 16.0. The number of carbonyl (C=O) groups excluding carboxylic acids is 1. The molecule has 1 saturated heterocycles. The number of carbonyl (C=O) groups is 1. The molecule has 168 valence electrons. The van der Waals surface area contributed by atoms with Crippen molar-refractivity contribution in [1.82, 2.24) is 19.8 Å². The number of hydrogen-bond donors (Lipinski definition) is 1. The maximum absolute atomic E-state index is 13.4. The zero-order valence-electron chi connectivity index (χ0n) is 18.7. The third-order valence-corrected chi connectivity index (χ3v) is 7.48. The van der Waals surface area contributed by atoms with Gasteiger partial charge in [-0.3, -0.25) is 14.5 Å². The summed E-state index contributed by atoms with van der Waals surface area (Å²) in [5.74, 6) is 0.553. The zero-order chi connectivity index (χ0) is 22.9. The van der Waals surface area contributed by atoms with Crippen molar-refractivity contribution in [2.24, 2.45) is 0 Å². The van der Waals surface area contributed by atoms with Gasteiger partial charge in [0.15, 0.2) is 0 Å². The van der Waals surface area contributed by atoms with E-state index in [1.165, 1.54) is 22.5 Å². The standard InChI is InChI=1S/C26H26N4O2S/c1-17-21-24(31)27-18(2)28-25(21)33-23(17)26(32)30-15-13-29(14-16-30)22(19-9-5-3-6-10-19)20-11-7-4-8-12-20/h3-12,22H,13-16H2,1-2H3,(H,27,28,31). The predicted octanol–water partition coefficient (Wildman–Crippen LogP) is 4.15. The molecule has 2 aromatic carbocycles. The fourth-order valence-corrected chi connectivity index (χ4v) is 5.86. The number of benzene rings is 2. The number of amides is 1. The van der Waals surface area contributed by atoms with E-state index < -0.39 is 0 Å². The van der Waals surface area contributed by atoms with Gasteiger partial charge in [-0.15, -0.1) is 11.3 Å². The molecule has 2 aromatic heterocycles. The van der Waals surface area contributed by atoms with Crippen LogP contribution in [-0.4, -0.2) is 51.9 Å². The van der Waals surface area contributed by atoms with Crippen molar-refractivity contribution in [2.75, 3.05) is 26.2 Å². The summed E-state index contributed by atoms with van der Waals surface area (Å²) < 4.78 is 0. The molecule has 0 aliphatic carbocycles. The first-order valence-corrected chi connectivity index (χ1v) is 12.0. The number of aromatic nitrogens is 2. The number of rotatable bonds is 4. The molecular formula is C26H26N4O2S. The fourth-order valence-electron chi connectivity index (χ4n) is 4.67. The molecule has 6 nitrogen and oxygen atoms in total. The minimum atomic E-state index is -0.177. The minimum absolute atomic E-state index is 0.0109. The van der Waals surface area contributed by atoms with E-state index in [0.717, 1.165) is 18.7 Å². The molecule has 1 fully saturated rings. The van der Waals surface area contributed by atoms with Crippen LogP contribution in [0.15, 0.2) is 65.5 Å². The van der Waals surface area contributed by atoms with Crippen LogP contribution in [0, 0.1) is 13.8 Å². The van der Waals surface area contributed by atoms with E-state index in [9.17, 15) is 9.59 Å². The van der Waals surface area contributed by atoms with Gasteiger partial charge in [0.2, 0.25) is 0 Å². The lowest BCUT2D eigenvalue weighted by molar-refractivity contribution is 0.0601. The number of piperazine rings is 1. The van der Waals surface area contributed by atoms with Gasteiger partial charge >= 0.3 is 0 Å². The van der Waals surface area contributed by atoms with Gasteiger partial charge in [-0.25, -0.2) is 4.98 Å². The van der Waals surface area contributed by atoms with Gasteiger partial charge in [0.25, 0.3) is 11.5 Å². The van der Waals surface area contributed by atoms with E-state index in [1.807, 2.05) is 24.0 Å². The molecule has 1 N–H and O–H groups in total. The Bertz CT molecular complexity index is 1300. The average molecular weight is 459 g/mol. The number of hydrogen-bond acceptors (Lipinski definition) is 5. The predicted molar refractivity (Wildman–Crippen MR) is 132 cm³/mol. The Balaban J connectivity index is 1.38. The molecule has 0 radical (unpaired) electrons. The molecule has 33 heavy (non-hydrogen) atoms. The number of nitrogens with one attached hydrogen (secondary N) is 1. The fraction of sp³-hybridized carbons (Fsp3) is 0.269. The summed E-state index contributed by atoms with van der Waals surface area (Å²) in [5.41, 5.74) is 3.06. The van der Waals surface area contributed by atoms with Crippen LogP contribution < -0.4 is 5.56 Å². The molecule has 7 heteroatoms. The number of fused-ring (bicyclic) bond motifs is 1. The second kappa shape index (κ2) is 8.92. The Morgan fingerprint density at radius 2 is 1.52 bits per heavy atom. The van der Waals surface area contributed by atoms with Gasteiger partial charge in [-0.2, -0.15) is 0 Å². The van der Waals surface area contributed by atoms with Gasteiger partial charge in [0, 0.05) is 26.2 Å². The van der Waals surface area contributed by atoms with Crippen LogP contribution in [0.25, 0.3) is 10.2 Å². The highest BCUT2D eigenvalue weighted by Crippen LogP contribution is 2.31. The van der Waals surface area contributed by atoms with E-state index >= 15 is 0 Å². The van der Waals surface area contributed by atoms with Crippen molar-refractivity contribution in [3.8, 4) is 0 Å². The van der Waals surface area contributed by atoms with Gasteiger partial charge in [0.05, 0.1) is 16.3 Å². The second-order valence-electron chi connectivity index (χ2n) is 8.44. The summed E-state index contributed by atoms with van der Waals surface area (Å²) in [7, 11) is 0. The normalized spacial score (nSPS) is 14.8. The molecule has 0 unspecified atom stereocenters. The van der Waals surface area contributed by atoms with Crippen LogP contribution in [0.5, 0.6) is 0 Å². The lowest BCUT2D eigenvalue weighted by Gasteiger charge is -2.39. The number of aromatic amines is 1. The molecule has 5 rings (SSSR count). The Labute approximate surface area is 196 Å². The highest BCUT2D eigenvalue weighted by molar-refractivity contribution is 7.20. The summed E-state index contributed by atoms with van der Waals surface area (Å²) in [6.07, 6.45) is 0.